The molecule has 1 aliphatic heterocycles. The molecule has 0 saturated heterocycles. The fourth-order valence-corrected chi connectivity index (χ4v) is 6.09. The number of halogens is 1. The van der Waals surface area contributed by atoms with Crippen molar-refractivity contribution in [3.63, 3.8) is 0 Å². The van der Waals surface area contributed by atoms with Crippen molar-refractivity contribution in [1.29, 1.82) is 0 Å². The number of carbonyl (C=O) groups is 2. The first kappa shape index (κ1) is 27.2. The van der Waals surface area contributed by atoms with Gasteiger partial charge in [0.25, 0.3) is 5.91 Å². The predicted octanol–water partition coefficient (Wildman–Crippen LogP) is 3.65. The highest BCUT2D eigenvalue weighted by atomic mass is 79.9. The first-order valence-corrected chi connectivity index (χ1v) is 14.5. The van der Waals surface area contributed by atoms with Crippen LogP contribution in [-0.4, -0.2) is 63.1 Å². The molecule has 1 heterocycles. The van der Waals surface area contributed by atoms with Crippen molar-refractivity contribution in [3.05, 3.63) is 58.1 Å². The Morgan fingerprint density at radius 2 is 1.80 bits per heavy atom. The van der Waals surface area contributed by atoms with Crippen LogP contribution < -0.4 is 16.0 Å². The van der Waals surface area contributed by atoms with Crippen LogP contribution >= 0.6 is 15.9 Å². The number of hydrogen-bond donors (Lipinski definition) is 3. The molecule has 0 aromatic heterocycles. The van der Waals surface area contributed by atoms with Gasteiger partial charge in [0, 0.05) is 23.1 Å². The van der Waals surface area contributed by atoms with Crippen molar-refractivity contribution in [2.24, 2.45) is 0 Å². The minimum atomic E-state index is -3.55. The second-order valence-electron chi connectivity index (χ2n) is 8.73. The fraction of sp³-hybridized carbons (Fsp3) is 0.440. The van der Waals surface area contributed by atoms with Gasteiger partial charge in [0.15, 0.2) is 9.84 Å². The van der Waals surface area contributed by atoms with Gasteiger partial charge in [0.2, 0.25) is 5.91 Å². The lowest BCUT2D eigenvalue weighted by Gasteiger charge is -2.27. The number of benzene rings is 2. The Bertz CT molecular complexity index is 1150. The van der Waals surface area contributed by atoms with E-state index in [4.69, 9.17) is 0 Å². The van der Waals surface area contributed by atoms with E-state index in [0.717, 1.165) is 36.9 Å². The van der Waals surface area contributed by atoms with Gasteiger partial charge in [-0.2, -0.15) is 0 Å². The summed E-state index contributed by atoms with van der Waals surface area (Å²) in [5, 5.41) is 8.70. The maximum absolute atomic E-state index is 12.7. The van der Waals surface area contributed by atoms with E-state index in [1.54, 1.807) is 36.4 Å². The van der Waals surface area contributed by atoms with Gasteiger partial charge in [-0.3, -0.25) is 9.59 Å². The number of nitrogens with one attached hydrogen (secondary N) is 3. The molecule has 0 saturated carbocycles. The number of anilines is 2. The lowest BCUT2D eigenvalue weighted by atomic mass is 10.1. The molecule has 1 aliphatic rings. The lowest BCUT2D eigenvalue weighted by Crippen LogP contribution is -2.43. The SMILES string of the molecule is CCCN(CCC)CCNC(=O)c1ccc2c(c1)NC(=O)C(CS(=O)(=O)Cc1cccc(Br)c1)N2. The minimum absolute atomic E-state index is 0.155. The zero-order valence-corrected chi connectivity index (χ0v) is 22.5. The van der Waals surface area contributed by atoms with E-state index in [2.05, 4.69) is 50.6 Å². The van der Waals surface area contributed by atoms with E-state index in [0.29, 0.717) is 29.0 Å². The summed E-state index contributed by atoms with van der Waals surface area (Å²) in [6.07, 6.45) is 2.13. The van der Waals surface area contributed by atoms with Gasteiger partial charge in [-0.1, -0.05) is 41.9 Å². The standard InChI is InChI=1S/C25H33BrN4O4S/c1-3-11-30(12-4-2)13-10-27-24(31)19-8-9-21-22(15-19)29-25(32)23(28-21)17-35(33,34)16-18-6-5-7-20(26)14-18/h5-9,14-15,23,28H,3-4,10-13,16-17H2,1-2H3,(H,27,31)(H,29,32). The molecular formula is C25H33BrN4O4S. The average Bonchev–Trinajstić information content (AvgIpc) is 2.79. The highest BCUT2D eigenvalue weighted by Gasteiger charge is 2.30. The van der Waals surface area contributed by atoms with E-state index >= 15 is 0 Å². The number of carbonyl (C=O) groups excluding carboxylic acids is 2. The maximum Gasteiger partial charge on any atom is 0.251 e. The summed E-state index contributed by atoms with van der Waals surface area (Å²) in [4.78, 5) is 27.6. The Hall–Kier alpha value is -2.43. The lowest BCUT2D eigenvalue weighted by molar-refractivity contribution is -0.116. The molecule has 10 heteroatoms. The molecule has 0 fully saturated rings. The van der Waals surface area contributed by atoms with Crippen LogP contribution in [0.25, 0.3) is 0 Å². The molecule has 0 radical (unpaired) electrons. The van der Waals surface area contributed by atoms with Gasteiger partial charge in [0.1, 0.15) is 6.04 Å². The van der Waals surface area contributed by atoms with Gasteiger partial charge in [-0.05, 0) is 61.8 Å². The van der Waals surface area contributed by atoms with Crippen molar-refractivity contribution in [2.45, 2.75) is 38.5 Å². The van der Waals surface area contributed by atoms with Crippen LogP contribution in [0.3, 0.4) is 0 Å². The molecule has 0 spiro atoms. The van der Waals surface area contributed by atoms with Crippen LogP contribution in [0.5, 0.6) is 0 Å². The Morgan fingerprint density at radius 3 is 2.49 bits per heavy atom. The minimum Gasteiger partial charge on any atom is -0.371 e. The van der Waals surface area contributed by atoms with E-state index in [1.807, 2.05) is 6.07 Å². The van der Waals surface area contributed by atoms with Crippen LogP contribution in [0.2, 0.25) is 0 Å². The summed E-state index contributed by atoms with van der Waals surface area (Å²) in [7, 11) is -3.55. The Balaban J connectivity index is 1.59. The van der Waals surface area contributed by atoms with Gasteiger partial charge in [-0.15, -0.1) is 0 Å². The third-order valence-corrected chi connectivity index (χ3v) is 7.78. The molecule has 0 bridgehead atoms. The molecule has 1 unspecified atom stereocenters. The topological polar surface area (TPSA) is 108 Å². The number of hydrogen-bond acceptors (Lipinski definition) is 6. The predicted molar refractivity (Wildman–Crippen MR) is 143 cm³/mol. The average molecular weight is 566 g/mol. The van der Waals surface area contributed by atoms with Crippen LogP contribution in [0, 0.1) is 0 Å². The maximum atomic E-state index is 12.7. The van der Waals surface area contributed by atoms with Gasteiger partial charge >= 0.3 is 0 Å². The highest BCUT2D eigenvalue weighted by molar-refractivity contribution is 9.10. The molecule has 35 heavy (non-hydrogen) atoms. The van der Waals surface area contributed by atoms with Crippen LogP contribution in [-0.2, 0) is 20.4 Å². The molecule has 3 N–H and O–H groups in total. The summed E-state index contributed by atoms with van der Waals surface area (Å²) < 4.78 is 26.2. The van der Waals surface area contributed by atoms with Gasteiger partial charge in [0.05, 0.1) is 22.9 Å². The monoisotopic (exact) mass is 564 g/mol. The number of amides is 2. The molecule has 3 rings (SSSR count). The van der Waals surface area contributed by atoms with Crippen LogP contribution in [0.1, 0.15) is 42.6 Å². The third-order valence-electron chi connectivity index (χ3n) is 5.68. The van der Waals surface area contributed by atoms with E-state index in [9.17, 15) is 18.0 Å². The zero-order valence-electron chi connectivity index (χ0n) is 20.1. The molecular weight excluding hydrogens is 532 g/mol. The first-order chi connectivity index (χ1) is 16.7. The summed E-state index contributed by atoms with van der Waals surface area (Å²) in [5.41, 5.74) is 2.13. The quantitative estimate of drug-likeness (QED) is 0.363. The molecule has 2 aromatic rings. The van der Waals surface area contributed by atoms with Crippen molar-refractivity contribution in [1.82, 2.24) is 10.2 Å². The molecule has 1 atom stereocenters. The Labute approximate surface area is 215 Å². The Morgan fingerprint density at radius 1 is 1.06 bits per heavy atom. The van der Waals surface area contributed by atoms with E-state index < -0.39 is 21.8 Å². The summed E-state index contributed by atoms with van der Waals surface area (Å²) in [6.45, 7) is 7.60. The van der Waals surface area contributed by atoms with Crippen LogP contribution in [0.15, 0.2) is 46.9 Å². The van der Waals surface area contributed by atoms with Crippen molar-refractivity contribution in [2.75, 3.05) is 42.6 Å². The molecule has 190 valence electrons. The van der Waals surface area contributed by atoms with Gasteiger partial charge < -0.3 is 20.9 Å². The van der Waals surface area contributed by atoms with E-state index in [1.165, 1.54) is 0 Å². The first-order valence-electron chi connectivity index (χ1n) is 11.9. The molecule has 2 amide bonds. The molecule has 8 nitrogen and oxygen atoms in total. The number of sulfone groups is 1. The largest absolute Gasteiger partial charge is 0.371 e. The second-order valence-corrected chi connectivity index (χ2v) is 11.8. The smallest absolute Gasteiger partial charge is 0.251 e. The molecule has 2 aromatic carbocycles. The Kier molecular flexibility index (Phi) is 9.71. The number of fused-ring (bicyclic) bond motifs is 1. The number of nitrogens with zero attached hydrogens (tertiary/aromatic N) is 1. The fourth-order valence-electron chi connectivity index (χ4n) is 4.10. The van der Waals surface area contributed by atoms with Crippen molar-refractivity contribution < 1.29 is 18.0 Å². The summed E-state index contributed by atoms with van der Waals surface area (Å²) in [6, 6.07) is 11.1. The van der Waals surface area contributed by atoms with Crippen molar-refractivity contribution in [3.8, 4) is 0 Å². The van der Waals surface area contributed by atoms with Gasteiger partial charge in [-0.25, -0.2) is 8.42 Å². The van der Waals surface area contributed by atoms with Crippen molar-refractivity contribution >= 4 is 49.0 Å². The highest BCUT2D eigenvalue weighted by Crippen LogP contribution is 2.28. The normalized spacial score (nSPS) is 15.3. The zero-order chi connectivity index (χ0) is 25.4. The second kappa shape index (κ2) is 12.5. The van der Waals surface area contributed by atoms with Crippen LogP contribution in [0.4, 0.5) is 11.4 Å². The van der Waals surface area contributed by atoms with E-state index in [-0.39, 0.29) is 17.4 Å². The number of rotatable bonds is 12. The summed E-state index contributed by atoms with van der Waals surface area (Å²) in [5.74, 6) is -1.15. The summed E-state index contributed by atoms with van der Waals surface area (Å²) >= 11 is 3.34. The molecule has 0 aliphatic carbocycles. The third kappa shape index (κ3) is 8.05.